The average Bonchev–Trinajstić information content (AvgIpc) is 3.44. The second-order valence-corrected chi connectivity index (χ2v) is 13.6. The van der Waals surface area contributed by atoms with Gasteiger partial charge in [0.05, 0.1) is 23.2 Å². The molecule has 0 radical (unpaired) electrons. The number of hydrogen-bond donors (Lipinski definition) is 1. The van der Waals surface area contributed by atoms with Gasteiger partial charge in [-0.15, -0.1) is 24.9 Å². The third-order valence-corrected chi connectivity index (χ3v) is 10.9. The summed E-state index contributed by atoms with van der Waals surface area (Å²) >= 11 is 5.41. The van der Waals surface area contributed by atoms with E-state index < -0.39 is 28.2 Å². The zero-order chi connectivity index (χ0) is 27.1. The van der Waals surface area contributed by atoms with Gasteiger partial charge in [-0.3, -0.25) is 14.4 Å². The lowest BCUT2D eigenvalue weighted by Gasteiger charge is -2.42. The zero-order valence-electron chi connectivity index (χ0n) is 21.7. The van der Waals surface area contributed by atoms with E-state index in [1.165, 1.54) is 4.90 Å². The fourth-order valence-corrected chi connectivity index (χ4v) is 9.85. The highest BCUT2D eigenvalue weighted by Crippen LogP contribution is 2.68. The SMILES string of the molecule is C=CCN(C(=O)[C@H]1[C@@H]2SC3(CC2Br)C(C(=O)N(CC=C)C(C)(C)C)N(CCO)C(=O)[C@H]13)c1ccccc1. The van der Waals surface area contributed by atoms with Crippen molar-refractivity contribution in [3.63, 3.8) is 0 Å². The van der Waals surface area contributed by atoms with Crippen molar-refractivity contribution in [3.8, 4) is 0 Å². The van der Waals surface area contributed by atoms with Crippen molar-refractivity contribution < 1.29 is 19.5 Å². The number of rotatable bonds is 9. The van der Waals surface area contributed by atoms with Crippen LogP contribution in [-0.4, -0.2) is 85.3 Å². The largest absolute Gasteiger partial charge is 0.395 e. The van der Waals surface area contributed by atoms with Crippen molar-refractivity contribution in [2.24, 2.45) is 11.8 Å². The molecule has 1 spiro atoms. The fourth-order valence-electron chi connectivity index (χ4n) is 6.25. The minimum absolute atomic E-state index is 0.0243. The topological polar surface area (TPSA) is 81.2 Å². The monoisotopic (exact) mass is 589 g/mol. The molecule has 7 nitrogen and oxygen atoms in total. The number of aliphatic hydroxyl groups is 1. The molecule has 37 heavy (non-hydrogen) atoms. The molecule has 9 heteroatoms. The molecule has 2 bridgehead atoms. The molecule has 1 aromatic rings. The Bertz CT molecular complexity index is 1080. The summed E-state index contributed by atoms with van der Waals surface area (Å²) in [7, 11) is 0. The lowest BCUT2D eigenvalue weighted by Crippen LogP contribution is -2.59. The minimum Gasteiger partial charge on any atom is -0.395 e. The standard InChI is InChI=1S/C28H36BrN3O4S/c1-6-13-30(18-11-9-8-10-12-18)24(34)20-21-25(35)31(15-16-33)23(28(21)17-19(29)22(20)37-28)26(36)32(14-7-2)27(3,4)5/h6-12,19-23,33H,1-2,13-17H2,3-5H3/t19?,20-,21+,22-,23?,28?/m1/s1. The van der Waals surface area contributed by atoms with E-state index in [0.717, 1.165) is 5.69 Å². The van der Waals surface area contributed by atoms with E-state index in [4.69, 9.17) is 0 Å². The number of aliphatic hydroxyl groups excluding tert-OH is 1. The van der Waals surface area contributed by atoms with E-state index >= 15 is 0 Å². The summed E-state index contributed by atoms with van der Waals surface area (Å²) in [6, 6.07) is 8.63. The number of nitrogens with zero attached hydrogens (tertiary/aromatic N) is 3. The third kappa shape index (κ3) is 4.57. The summed E-state index contributed by atoms with van der Waals surface area (Å²) in [5.74, 6) is -1.77. The molecule has 6 atom stereocenters. The maximum Gasteiger partial charge on any atom is 0.247 e. The van der Waals surface area contributed by atoms with Crippen LogP contribution < -0.4 is 4.90 Å². The molecule has 200 valence electrons. The number of thioether (sulfide) groups is 1. The third-order valence-electron chi connectivity index (χ3n) is 7.68. The van der Waals surface area contributed by atoms with Gasteiger partial charge in [0.25, 0.3) is 0 Å². The van der Waals surface area contributed by atoms with Crippen molar-refractivity contribution in [2.75, 3.05) is 31.1 Å². The molecule has 3 heterocycles. The number of fused-ring (bicyclic) bond motifs is 1. The summed E-state index contributed by atoms with van der Waals surface area (Å²) < 4.78 is -0.760. The van der Waals surface area contributed by atoms with Crippen LogP contribution in [0.3, 0.4) is 0 Å². The van der Waals surface area contributed by atoms with Gasteiger partial charge in [0.1, 0.15) is 6.04 Å². The molecule has 3 unspecified atom stereocenters. The number of carbonyl (C=O) groups is 3. The molecule has 4 rings (SSSR count). The second-order valence-electron chi connectivity index (χ2n) is 10.9. The smallest absolute Gasteiger partial charge is 0.247 e. The van der Waals surface area contributed by atoms with Gasteiger partial charge in [-0.25, -0.2) is 0 Å². The first-order valence-corrected chi connectivity index (χ1v) is 14.5. The van der Waals surface area contributed by atoms with Crippen molar-refractivity contribution in [3.05, 3.63) is 55.6 Å². The van der Waals surface area contributed by atoms with Crippen molar-refractivity contribution in [1.29, 1.82) is 0 Å². The zero-order valence-corrected chi connectivity index (χ0v) is 24.1. The molecular weight excluding hydrogens is 554 g/mol. The summed E-state index contributed by atoms with van der Waals surface area (Å²) in [6.07, 6.45) is 3.97. The Morgan fingerprint density at radius 2 is 1.84 bits per heavy atom. The second kappa shape index (κ2) is 10.6. The molecule has 3 saturated heterocycles. The highest BCUT2D eigenvalue weighted by atomic mass is 79.9. The van der Waals surface area contributed by atoms with E-state index in [0.29, 0.717) is 19.5 Å². The first-order valence-electron chi connectivity index (χ1n) is 12.7. The molecular formula is C28H36BrN3O4S. The number of hydrogen-bond acceptors (Lipinski definition) is 5. The minimum atomic E-state index is -0.770. The van der Waals surface area contributed by atoms with Crippen LogP contribution >= 0.6 is 27.7 Å². The normalized spacial score (nSPS) is 30.2. The quantitative estimate of drug-likeness (QED) is 0.352. The Labute approximate surface area is 232 Å². The van der Waals surface area contributed by atoms with Gasteiger partial charge in [-0.05, 0) is 39.3 Å². The molecule has 3 aliphatic rings. The summed E-state index contributed by atoms with van der Waals surface area (Å²) in [6.45, 7) is 14.0. The van der Waals surface area contributed by atoms with Crippen LogP contribution in [0.25, 0.3) is 0 Å². The fraction of sp³-hybridized carbons (Fsp3) is 0.536. The van der Waals surface area contributed by atoms with Crippen molar-refractivity contribution >= 4 is 51.1 Å². The van der Waals surface area contributed by atoms with Crippen LogP contribution in [0, 0.1) is 11.8 Å². The van der Waals surface area contributed by atoms with Crippen molar-refractivity contribution in [2.45, 2.75) is 53.6 Å². The number of halogens is 1. The predicted octanol–water partition coefficient (Wildman–Crippen LogP) is 3.48. The number of β-amino-alcohol motifs (C(OH)–C–C–N with tert-alkyl or cyclic N) is 1. The van der Waals surface area contributed by atoms with E-state index in [9.17, 15) is 19.5 Å². The van der Waals surface area contributed by atoms with Crippen molar-refractivity contribution in [1.82, 2.24) is 9.80 Å². The molecule has 0 saturated carbocycles. The number of likely N-dealkylation sites (tertiary alicyclic amines) is 1. The first kappa shape index (κ1) is 27.9. The van der Waals surface area contributed by atoms with E-state index in [-0.39, 0.29) is 41.0 Å². The molecule has 3 amide bonds. The Morgan fingerprint density at radius 3 is 2.41 bits per heavy atom. The Morgan fingerprint density at radius 1 is 1.19 bits per heavy atom. The van der Waals surface area contributed by atoms with Crippen LogP contribution in [-0.2, 0) is 14.4 Å². The maximum absolute atomic E-state index is 14.2. The average molecular weight is 591 g/mol. The lowest BCUT2D eigenvalue weighted by molar-refractivity contribution is -0.145. The van der Waals surface area contributed by atoms with Gasteiger partial charge in [0.15, 0.2) is 0 Å². The van der Waals surface area contributed by atoms with Gasteiger partial charge in [-0.2, -0.15) is 0 Å². The van der Waals surface area contributed by atoms with Crippen LogP contribution in [0.15, 0.2) is 55.6 Å². The Kier molecular flexibility index (Phi) is 7.98. The number of para-hydroxylation sites is 1. The highest BCUT2D eigenvalue weighted by Gasteiger charge is 2.76. The Hall–Kier alpha value is -2.10. The van der Waals surface area contributed by atoms with Crippen LogP contribution in [0.4, 0.5) is 5.69 Å². The molecule has 3 aliphatic heterocycles. The number of anilines is 1. The number of amides is 3. The van der Waals surface area contributed by atoms with Gasteiger partial charge in [-0.1, -0.05) is 46.3 Å². The molecule has 0 aromatic heterocycles. The molecule has 3 fully saturated rings. The molecule has 0 aliphatic carbocycles. The Balaban J connectivity index is 1.79. The number of carbonyl (C=O) groups excluding carboxylic acids is 3. The number of benzene rings is 1. The number of alkyl halides is 1. The first-order chi connectivity index (χ1) is 17.5. The van der Waals surface area contributed by atoms with E-state index in [1.54, 1.807) is 33.7 Å². The van der Waals surface area contributed by atoms with Crippen LogP contribution in [0.1, 0.15) is 27.2 Å². The van der Waals surface area contributed by atoms with Gasteiger partial charge in [0.2, 0.25) is 17.7 Å². The van der Waals surface area contributed by atoms with Crippen LogP contribution in [0.5, 0.6) is 0 Å². The van der Waals surface area contributed by atoms with Gasteiger partial charge < -0.3 is 19.8 Å². The van der Waals surface area contributed by atoms with E-state index in [2.05, 4.69) is 29.1 Å². The van der Waals surface area contributed by atoms with Gasteiger partial charge >= 0.3 is 0 Å². The lowest BCUT2D eigenvalue weighted by atomic mass is 9.70. The summed E-state index contributed by atoms with van der Waals surface area (Å²) in [5.41, 5.74) is 0.252. The predicted molar refractivity (Wildman–Crippen MR) is 152 cm³/mol. The maximum atomic E-state index is 14.2. The summed E-state index contributed by atoms with van der Waals surface area (Å²) in [4.78, 5) is 47.4. The van der Waals surface area contributed by atoms with Gasteiger partial charge in [0, 0.05) is 40.9 Å². The molecule has 1 aromatic carbocycles. The molecule has 1 N–H and O–H groups in total. The van der Waals surface area contributed by atoms with Crippen LogP contribution in [0.2, 0.25) is 0 Å². The summed E-state index contributed by atoms with van der Waals surface area (Å²) in [5, 5.41) is 9.73. The van der Waals surface area contributed by atoms with E-state index in [1.807, 2.05) is 51.1 Å². The highest BCUT2D eigenvalue weighted by molar-refractivity contribution is 9.09.